The Kier molecular flexibility index (Phi) is 10.4. The first-order chi connectivity index (χ1) is 24.1. The molecule has 6 rings (SSSR count). The summed E-state index contributed by atoms with van der Waals surface area (Å²) in [6.45, 7) is 0.199. The Hall–Kier alpha value is -4.92. The molecule has 264 valence electrons. The van der Waals surface area contributed by atoms with Crippen molar-refractivity contribution in [3.63, 3.8) is 0 Å². The number of hydrogen-bond donors (Lipinski definition) is 4. The number of carbonyl (C=O) groups is 5. The standard InChI is InChI=1S/C36H39N3O11/c1-48-23-9-7-8-20-29(23)35(46)32-31(33(20)44)34(45)21-16-19(17-24(30(21)36(32)47)50-28-11-4-6-15-49-28)22(18-40)37-38-25(41)10-3-2-5-14-39-26(42)12-13-27(39)43/h7-9,12-13,19,24,28,40,45,47H,2-6,10-11,14-18H2,1H3,(H,38,41)/b37-22+/t19?,24-,28?/m0/s1. The molecule has 2 aliphatic heterocycles. The van der Waals surface area contributed by atoms with Crippen LogP contribution in [0.5, 0.6) is 17.2 Å². The van der Waals surface area contributed by atoms with Gasteiger partial charge in [0.05, 0.1) is 42.2 Å². The normalized spacial score (nSPS) is 21.6. The van der Waals surface area contributed by atoms with Crippen LogP contribution < -0.4 is 10.2 Å². The number of carbonyl (C=O) groups excluding carboxylic acids is 5. The van der Waals surface area contributed by atoms with Gasteiger partial charge in [-0.25, -0.2) is 5.43 Å². The third kappa shape index (κ3) is 6.65. The van der Waals surface area contributed by atoms with E-state index in [2.05, 4.69) is 10.5 Å². The van der Waals surface area contributed by atoms with Gasteiger partial charge in [0.1, 0.15) is 17.2 Å². The second-order valence-corrected chi connectivity index (χ2v) is 12.7. The number of rotatable bonds is 12. The first-order valence-electron chi connectivity index (χ1n) is 16.8. The average Bonchev–Trinajstić information content (AvgIpc) is 3.44. The van der Waals surface area contributed by atoms with Crippen LogP contribution in [0.2, 0.25) is 0 Å². The second kappa shape index (κ2) is 14.9. The van der Waals surface area contributed by atoms with Crippen LogP contribution in [-0.2, 0) is 30.3 Å². The smallest absolute Gasteiger partial charge is 0.253 e. The molecule has 2 aliphatic carbocycles. The number of amides is 3. The predicted molar refractivity (Wildman–Crippen MR) is 176 cm³/mol. The summed E-state index contributed by atoms with van der Waals surface area (Å²) >= 11 is 0. The molecule has 14 heteroatoms. The van der Waals surface area contributed by atoms with E-state index < -0.39 is 53.9 Å². The summed E-state index contributed by atoms with van der Waals surface area (Å²) in [6, 6.07) is 4.55. The molecule has 14 nitrogen and oxygen atoms in total. The lowest BCUT2D eigenvalue weighted by Gasteiger charge is -2.37. The Morgan fingerprint density at radius 2 is 1.76 bits per heavy atom. The van der Waals surface area contributed by atoms with Crippen LogP contribution in [0.25, 0.3) is 0 Å². The Balaban J connectivity index is 1.23. The first-order valence-corrected chi connectivity index (χ1v) is 16.8. The van der Waals surface area contributed by atoms with Gasteiger partial charge >= 0.3 is 0 Å². The zero-order valence-electron chi connectivity index (χ0n) is 27.6. The first kappa shape index (κ1) is 34.9. The molecule has 2 aromatic carbocycles. The molecular weight excluding hydrogens is 650 g/mol. The lowest BCUT2D eigenvalue weighted by Crippen LogP contribution is -2.34. The summed E-state index contributed by atoms with van der Waals surface area (Å²) in [5.74, 6) is -3.83. The van der Waals surface area contributed by atoms with Crippen LogP contribution in [0, 0.1) is 5.92 Å². The van der Waals surface area contributed by atoms with Crippen molar-refractivity contribution in [2.75, 3.05) is 26.9 Å². The van der Waals surface area contributed by atoms with E-state index in [0.29, 0.717) is 32.3 Å². The third-order valence-electron chi connectivity index (χ3n) is 9.63. The maximum absolute atomic E-state index is 13.9. The van der Waals surface area contributed by atoms with Crippen LogP contribution in [0.4, 0.5) is 0 Å². The van der Waals surface area contributed by atoms with E-state index in [9.17, 15) is 39.3 Å². The van der Waals surface area contributed by atoms with Gasteiger partial charge in [-0.3, -0.25) is 28.9 Å². The van der Waals surface area contributed by atoms with Gasteiger partial charge in [0.15, 0.2) is 12.1 Å². The highest BCUT2D eigenvalue weighted by Gasteiger charge is 2.44. The van der Waals surface area contributed by atoms with E-state index in [0.717, 1.165) is 17.7 Å². The molecule has 0 radical (unpaired) electrons. The monoisotopic (exact) mass is 689 g/mol. The Morgan fingerprint density at radius 3 is 2.46 bits per heavy atom. The van der Waals surface area contributed by atoms with Gasteiger partial charge in [0.2, 0.25) is 11.7 Å². The lowest BCUT2D eigenvalue weighted by atomic mass is 9.73. The zero-order chi connectivity index (χ0) is 35.5. The fourth-order valence-corrected chi connectivity index (χ4v) is 7.09. The van der Waals surface area contributed by atoms with Crippen molar-refractivity contribution < 1.29 is 53.5 Å². The van der Waals surface area contributed by atoms with Crippen molar-refractivity contribution in [3.8, 4) is 17.2 Å². The Labute approximate surface area is 287 Å². The fraction of sp³-hybridized carbons (Fsp3) is 0.444. The van der Waals surface area contributed by atoms with Crippen LogP contribution in [0.15, 0.2) is 35.5 Å². The molecule has 50 heavy (non-hydrogen) atoms. The molecule has 2 unspecified atom stereocenters. The number of phenols is 2. The summed E-state index contributed by atoms with van der Waals surface area (Å²) in [6.07, 6.45) is 5.06. The van der Waals surface area contributed by atoms with Gasteiger partial charge in [-0.15, -0.1) is 0 Å². The van der Waals surface area contributed by atoms with Crippen molar-refractivity contribution in [3.05, 3.63) is 63.7 Å². The minimum absolute atomic E-state index is 0.0107. The number of nitrogens with zero attached hydrogens (tertiary/aromatic N) is 2. The molecule has 2 heterocycles. The number of imide groups is 1. The van der Waals surface area contributed by atoms with Crippen molar-refractivity contribution in [2.24, 2.45) is 11.0 Å². The summed E-state index contributed by atoms with van der Waals surface area (Å²) in [4.78, 5) is 64.8. The maximum Gasteiger partial charge on any atom is 0.253 e. The van der Waals surface area contributed by atoms with Gasteiger partial charge in [0.25, 0.3) is 11.8 Å². The van der Waals surface area contributed by atoms with E-state index in [1.807, 2.05) is 0 Å². The zero-order valence-corrected chi connectivity index (χ0v) is 27.6. The van der Waals surface area contributed by atoms with Gasteiger partial charge in [-0.2, -0.15) is 5.10 Å². The number of benzene rings is 2. The Morgan fingerprint density at radius 1 is 1.00 bits per heavy atom. The summed E-state index contributed by atoms with van der Waals surface area (Å²) in [7, 11) is 1.37. The number of nitrogens with one attached hydrogen (secondary N) is 1. The largest absolute Gasteiger partial charge is 0.507 e. The number of ether oxygens (including phenoxy) is 3. The summed E-state index contributed by atoms with van der Waals surface area (Å²) < 4.78 is 17.5. The fourth-order valence-electron chi connectivity index (χ4n) is 7.09. The SMILES string of the molecule is COc1cccc2c1C(=O)c1c(O)c3c(c(O)c1C2=O)CC(/C(CO)=N/NC(=O)CCCCCN1C(=O)C=CC1=O)C[C@@H]3OC1CCCCO1. The predicted octanol–water partition coefficient (Wildman–Crippen LogP) is 2.98. The van der Waals surface area contributed by atoms with Crippen LogP contribution in [0.1, 0.15) is 100 Å². The molecule has 1 fully saturated rings. The molecule has 1 saturated heterocycles. The highest BCUT2D eigenvalue weighted by Crippen LogP contribution is 2.51. The number of aliphatic hydroxyl groups excluding tert-OH is 1. The quantitative estimate of drug-likeness (QED) is 0.0716. The minimum Gasteiger partial charge on any atom is -0.507 e. The van der Waals surface area contributed by atoms with Crippen LogP contribution >= 0.6 is 0 Å². The minimum atomic E-state index is -0.929. The second-order valence-electron chi connectivity index (χ2n) is 12.7. The molecule has 2 aromatic rings. The molecule has 0 saturated carbocycles. The van der Waals surface area contributed by atoms with Crippen molar-refractivity contribution in [1.82, 2.24) is 10.3 Å². The number of aromatic hydroxyl groups is 2. The maximum atomic E-state index is 13.9. The molecule has 0 bridgehead atoms. The van der Waals surface area contributed by atoms with E-state index >= 15 is 0 Å². The van der Waals surface area contributed by atoms with Gasteiger partial charge in [-0.05, 0) is 51.0 Å². The molecule has 3 amide bonds. The molecule has 4 aliphatic rings. The van der Waals surface area contributed by atoms with Gasteiger partial charge < -0.3 is 29.5 Å². The summed E-state index contributed by atoms with van der Waals surface area (Å²) in [5.41, 5.74) is 2.35. The number of phenolic OH excluding ortho intramolecular Hbond substituents is 2. The lowest BCUT2D eigenvalue weighted by molar-refractivity contribution is -0.194. The molecule has 3 atom stereocenters. The highest BCUT2D eigenvalue weighted by molar-refractivity contribution is 6.31. The van der Waals surface area contributed by atoms with Gasteiger partial charge in [0, 0.05) is 54.3 Å². The van der Waals surface area contributed by atoms with Crippen molar-refractivity contribution in [1.29, 1.82) is 0 Å². The van der Waals surface area contributed by atoms with E-state index in [-0.39, 0.29) is 82.5 Å². The number of ketones is 2. The number of aliphatic hydroxyl groups is 1. The number of unbranched alkanes of at least 4 members (excludes halogenated alkanes) is 2. The number of hydrazone groups is 1. The topological polar surface area (TPSA) is 201 Å². The molecule has 0 aromatic heterocycles. The van der Waals surface area contributed by atoms with Crippen LogP contribution in [0.3, 0.4) is 0 Å². The average molecular weight is 690 g/mol. The van der Waals surface area contributed by atoms with E-state index in [4.69, 9.17) is 14.2 Å². The number of hydrogen-bond acceptors (Lipinski definition) is 12. The van der Waals surface area contributed by atoms with E-state index in [1.165, 1.54) is 31.4 Å². The van der Waals surface area contributed by atoms with Crippen LogP contribution in [-0.4, -0.2) is 88.4 Å². The van der Waals surface area contributed by atoms with E-state index in [1.54, 1.807) is 6.07 Å². The molecule has 0 spiro atoms. The van der Waals surface area contributed by atoms with Crippen molar-refractivity contribution >= 4 is 35.0 Å². The molecular formula is C36H39N3O11. The van der Waals surface area contributed by atoms with Gasteiger partial charge in [-0.1, -0.05) is 18.6 Å². The number of methoxy groups -OCH3 is 1. The third-order valence-corrected chi connectivity index (χ3v) is 9.63. The summed E-state index contributed by atoms with van der Waals surface area (Å²) in [5, 5.41) is 38.0. The van der Waals surface area contributed by atoms with Crippen molar-refractivity contribution in [2.45, 2.75) is 70.2 Å². The highest BCUT2D eigenvalue weighted by atomic mass is 16.7. The Bertz CT molecular complexity index is 1780. The number of fused-ring (bicyclic) bond motifs is 3. The molecule has 4 N–H and O–H groups in total.